The molecule has 7 aliphatic rings. The van der Waals surface area contributed by atoms with Crippen molar-refractivity contribution < 1.29 is 9.84 Å². The molecular formula is C54H80O2. The first-order valence-electron chi connectivity index (χ1n) is 24.9. The number of hydrogen-bond donors (Lipinski definition) is 1. The maximum absolute atomic E-state index is 9.92. The number of terminal acetylenes is 1. The van der Waals surface area contributed by atoms with Crippen molar-refractivity contribution in [1.82, 2.24) is 0 Å². The van der Waals surface area contributed by atoms with E-state index in [2.05, 4.69) is 41.6 Å². The molecule has 7 rings (SSSR count). The third-order valence-corrected chi connectivity index (χ3v) is 18.0. The lowest BCUT2D eigenvalue weighted by molar-refractivity contribution is 0.0725. The van der Waals surface area contributed by atoms with Gasteiger partial charge in [-0.3, -0.25) is 0 Å². The number of aliphatic hydroxyl groups is 1. The van der Waals surface area contributed by atoms with E-state index in [1.165, 1.54) is 109 Å². The van der Waals surface area contributed by atoms with Gasteiger partial charge >= 0.3 is 0 Å². The van der Waals surface area contributed by atoms with Crippen LogP contribution < -0.4 is 0 Å². The zero-order chi connectivity index (χ0) is 38.4. The fourth-order valence-corrected chi connectivity index (χ4v) is 14.4. The highest BCUT2D eigenvalue weighted by molar-refractivity contribution is 5.38. The molecule has 0 heterocycles. The first-order chi connectivity index (χ1) is 27.6. The van der Waals surface area contributed by atoms with Crippen molar-refractivity contribution in [3.63, 3.8) is 0 Å². The van der Waals surface area contributed by atoms with Gasteiger partial charge in [-0.05, 0) is 198 Å². The summed E-state index contributed by atoms with van der Waals surface area (Å²) >= 11 is 0. The van der Waals surface area contributed by atoms with Crippen LogP contribution in [0.4, 0.5) is 0 Å². The maximum atomic E-state index is 9.92. The fourth-order valence-electron chi connectivity index (χ4n) is 14.4. The molecule has 7 aliphatic carbocycles. The Morgan fingerprint density at radius 2 is 0.714 bits per heavy atom. The highest BCUT2D eigenvalue weighted by Gasteiger charge is 2.37. The Bertz CT molecular complexity index is 1370. The second kappa shape index (κ2) is 22.4. The molecule has 0 spiro atoms. The minimum absolute atomic E-state index is 0.00548. The molecular weight excluding hydrogens is 681 g/mol. The summed E-state index contributed by atoms with van der Waals surface area (Å²) in [6, 6.07) is 0. The van der Waals surface area contributed by atoms with Crippen molar-refractivity contribution in [1.29, 1.82) is 0 Å². The van der Waals surface area contributed by atoms with E-state index in [1.807, 2.05) is 0 Å². The predicted molar refractivity (Wildman–Crippen MR) is 233 cm³/mol. The van der Waals surface area contributed by atoms with Crippen LogP contribution in [-0.2, 0) is 4.74 Å². The second-order valence-corrected chi connectivity index (χ2v) is 21.1. The van der Waals surface area contributed by atoms with E-state index in [9.17, 15) is 5.11 Å². The Kier molecular flexibility index (Phi) is 16.8. The van der Waals surface area contributed by atoms with Crippen molar-refractivity contribution >= 4 is 0 Å². The SMILES string of the molecule is C#CC#CC#CC#COC1CCC(C2CCC(CCC3CCC(C4CCCC(C5CCC(CCC6CCC(C7CCC(O)CC7)CC6)CC5)C4)CC3)CC2)CC1. The van der Waals surface area contributed by atoms with Crippen LogP contribution >= 0.6 is 0 Å². The van der Waals surface area contributed by atoms with E-state index < -0.39 is 0 Å². The molecule has 0 saturated heterocycles. The molecule has 0 bridgehead atoms. The zero-order valence-electron chi connectivity index (χ0n) is 35.6. The summed E-state index contributed by atoms with van der Waals surface area (Å²) in [7, 11) is 0. The Hall–Kier alpha value is -2.00. The molecule has 7 saturated carbocycles. The topological polar surface area (TPSA) is 29.5 Å². The molecule has 0 amide bonds. The molecule has 2 heteroatoms. The predicted octanol–water partition coefficient (Wildman–Crippen LogP) is 13.3. The lowest BCUT2D eigenvalue weighted by atomic mass is 9.63. The van der Waals surface area contributed by atoms with E-state index in [4.69, 9.17) is 11.2 Å². The molecule has 0 aromatic heterocycles. The van der Waals surface area contributed by atoms with E-state index >= 15 is 0 Å². The number of ether oxygens (including phenoxy) is 1. The molecule has 0 aromatic rings. The highest BCUT2D eigenvalue weighted by Crippen LogP contribution is 2.49. The van der Waals surface area contributed by atoms with Gasteiger partial charge in [0.15, 0.2) is 0 Å². The van der Waals surface area contributed by atoms with Gasteiger partial charge in [-0.1, -0.05) is 96.3 Å². The van der Waals surface area contributed by atoms with E-state index in [0.717, 1.165) is 96.7 Å². The second-order valence-electron chi connectivity index (χ2n) is 21.1. The van der Waals surface area contributed by atoms with Gasteiger partial charge in [0.2, 0.25) is 0 Å². The molecule has 2 nitrogen and oxygen atoms in total. The minimum atomic E-state index is 0.00548. The van der Waals surface area contributed by atoms with Crippen molar-refractivity contribution in [3.05, 3.63) is 0 Å². The van der Waals surface area contributed by atoms with Gasteiger partial charge in [0.05, 0.1) is 6.10 Å². The molecule has 1 N–H and O–H groups in total. The number of rotatable bonds is 11. The van der Waals surface area contributed by atoms with Gasteiger partial charge < -0.3 is 9.84 Å². The average molecular weight is 761 g/mol. The Morgan fingerprint density at radius 3 is 1.12 bits per heavy atom. The van der Waals surface area contributed by atoms with Crippen LogP contribution in [0.5, 0.6) is 0 Å². The summed E-state index contributed by atoms with van der Waals surface area (Å²) < 4.78 is 5.79. The molecule has 2 unspecified atom stereocenters. The standard InChI is InChI=1S/C54H80O2/c1-2-3-4-5-6-7-39-56-54-37-33-48(34-38-54)46-25-17-42(18-26-46)12-14-44-21-29-50(30-22-44)52-10-8-9-51(40-52)49-27-19-43(20-28-49)13-11-41-15-23-45(24-16-41)47-31-35-53(55)36-32-47/h1,41-55H,8-38,40H2. The smallest absolute Gasteiger partial charge is 0.125 e. The largest absolute Gasteiger partial charge is 0.443 e. The summed E-state index contributed by atoms with van der Waals surface area (Å²) in [5.74, 6) is 27.5. The van der Waals surface area contributed by atoms with Gasteiger partial charge in [0.25, 0.3) is 0 Å². The molecule has 0 aliphatic heterocycles. The van der Waals surface area contributed by atoms with Crippen LogP contribution in [0.15, 0.2) is 0 Å². The van der Waals surface area contributed by atoms with Crippen molar-refractivity contribution in [2.75, 3.05) is 0 Å². The monoisotopic (exact) mass is 761 g/mol. The van der Waals surface area contributed by atoms with Crippen molar-refractivity contribution in [2.24, 2.45) is 71.0 Å². The van der Waals surface area contributed by atoms with Gasteiger partial charge in [0, 0.05) is 17.8 Å². The Morgan fingerprint density at radius 1 is 0.375 bits per heavy atom. The Labute approximate surface area is 345 Å². The summed E-state index contributed by atoms with van der Waals surface area (Å²) in [6.45, 7) is 0. The van der Waals surface area contributed by atoms with Crippen LogP contribution in [0.3, 0.4) is 0 Å². The van der Waals surface area contributed by atoms with E-state index in [1.54, 1.807) is 70.6 Å². The first-order valence-corrected chi connectivity index (χ1v) is 24.9. The van der Waals surface area contributed by atoms with Gasteiger partial charge in [-0.25, -0.2) is 0 Å². The van der Waals surface area contributed by atoms with Crippen molar-refractivity contribution in [3.8, 4) is 48.1 Å². The molecule has 308 valence electrons. The zero-order valence-corrected chi connectivity index (χ0v) is 35.6. The van der Waals surface area contributed by atoms with E-state index in [0.29, 0.717) is 0 Å². The fraction of sp³-hybridized carbons (Fsp3) is 0.852. The maximum Gasteiger partial charge on any atom is 0.125 e. The average Bonchev–Trinajstić information content (AvgIpc) is 3.26. The molecule has 0 radical (unpaired) electrons. The quantitative estimate of drug-likeness (QED) is 0.213. The van der Waals surface area contributed by atoms with Gasteiger partial charge in [0.1, 0.15) is 12.2 Å². The summed E-state index contributed by atoms with van der Waals surface area (Å²) in [6.07, 6.45) is 54.5. The highest BCUT2D eigenvalue weighted by atomic mass is 16.5. The minimum Gasteiger partial charge on any atom is -0.443 e. The number of aliphatic hydroxyl groups excluding tert-OH is 1. The van der Waals surface area contributed by atoms with E-state index in [-0.39, 0.29) is 12.2 Å². The van der Waals surface area contributed by atoms with Gasteiger partial charge in [-0.15, -0.1) is 6.42 Å². The normalized spacial score (nSPS) is 40.6. The molecule has 0 aromatic carbocycles. The summed E-state index contributed by atoms with van der Waals surface area (Å²) in [4.78, 5) is 0. The van der Waals surface area contributed by atoms with Crippen molar-refractivity contribution in [2.45, 2.75) is 218 Å². The van der Waals surface area contributed by atoms with Crippen LogP contribution in [-0.4, -0.2) is 17.3 Å². The van der Waals surface area contributed by atoms with Crippen LogP contribution in [0.1, 0.15) is 205 Å². The third-order valence-electron chi connectivity index (χ3n) is 18.0. The third kappa shape index (κ3) is 12.7. The van der Waals surface area contributed by atoms with Crippen LogP contribution in [0.2, 0.25) is 0 Å². The lowest BCUT2D eigenvalue weighted by Gasteiger charge is -2.42. The molecule has 2 atom stereocenters. The summed E-state index contributed by atoms with van der Waals surface area (Å²) in [5.41, 5.74) is 0. The van der Waals surface area contributed by atoms with Crippen LogP contribution in [0, 0.1) is 119 Å². The number of hydrogen-bond acceptors (Lipinski definition) is 2. The lowest BCUT2D eigenvalue weighted by Crippen LogP contribution is -2.31. The molecule has 7 fully saturated rings. The van der Waals surface area contributed by atoms with Crippen LogP contribution in [0.25, 0.3) is 0 Å². The summed E-state index contributed by atoms with van der Waals surface area (Å²) in [5, 5.41) is 9.92. The Balaban J connectivity index is 0.715. The first kappa shape index (κ1) is 42.1. The van der Waals surface area contributed by atoms with Gasteiger partial charge in [-0.2, -0.15) is 0 Å². The molecule has 56 heavy (non-hydrogen) atoms.